The standard InChI is InChI=1S/C12H11N3O/c1-8(14)12-6-11(15-16-12)10-4-2-3-9(5-10)7-13/h2-6,8H,14H2,1H3/t8-/m0/s1. The predicted molar refractivity (Wildman–Crippen MR) is 59.3 cm³/mol. The maximum atomic E-state index is 8.79. The van der Waals surface area contributed by atoms with E-state index in [-0.39, 0.29) is 6.04 Å². The van der Waals surface area contributed by atoms with Gasteiger partial charge in [0.1, 0.15) is 5.69 Å². The van der Waals surface area contributed by atoms with E-state index in [1.165, 1.54) is 0 Å². The summed E-state index contributed by atoms with van der Waals surface area (Å²) < 4.78 is 5.10. The van der Waals surface area contributed by atoms with Crippen molar-refractivity contribution < 1.29 is 4.52 Å². The van der Waals surface area contributed by atoms with Crippen molar-refractivity contribution in [3.05, 3.63) is 41.7 Å². The van der Waals surface area contributed by atoms with E-state index in [1.807, 2.05) is 19.1 Å². The van der Waals surface area contributed by atoms with Crippen LogP contribution in [-0.4, -0.2) is 5.16 Å². The largest absolute Gasteiger partial charge is 0.359 e. The van der Waals surface area contributed by atoms with Gasteiger partial charge in [-0.1, -0.05) is 17.3 Å². The van der Waals surface area contributed by atoms with E-state index in [2.05, 4.69) is 11.2 Å². The molecule has 2 N–H and O–H groups in total. The summed E-state index contributed by atoms with van der Waals surface area (Å²) in [5.41, 5.74) is 7.83. The van der Waals surface area contributed by atoms with Crippen LogP contribution in [0.5, 0.6) is 0 Å². The Morgan fingerprint density at radius 3 is 2.88 bits per heavy atom. The number of nitrogens with two attached hydrogens (primary N) is 1. The maximum Gasteiger partial charge on any atom is 0.153 e. The molecular formula is C12H11N3O. The zero-order valence-electron chi connectivity index (χ0n) is 8.84. The van der Waals surface area contributed by atoms with Gasteiger partial charge in [-0.2, -0.15) is 5.26 Å². The summed E-state index contributed by atoms with van der Waals surface area (Å²) in [4.78, 5) is 0. The van der Waals surface area contributed by atoms with Gasteiger partial charge in [0.25, 0.3) is 0 Å². The van der Waals surface area contributed by atoms with Gasteiger partial charge in [-0.15, -0.1) is 0 Å². The highest BCUT2D eigenvalue weighted by molar-refractivity contribution is 5.61. The molecule has 0 radical (unpaired) electrons. The SMILES string of the molecule is C[C@H](N)c1cc(-c2cccc(C#N)c2)no1. The van der Waals surface area contributed by atoms with Crippen LogP contribution in [0, 0.1) is 11.3 Å². The Hall–Kier alpha value is -2.12. The molecule has 1 aromatic carbocycles. The van der Waals surface area contributed by atoms with Crippen molar-refractivity contribution in [1.82, 2.24) is 5.16 Å². The van der Waals surface area contributed by atoms with Gasteiger partial charge in [-0.3, -0.25) is 0 Å². The summed E-state index contributed by atoms with van der Waals surface area (Å²) >= 11 is 0. The number of hydrogen-bond acceptors (Lipinski definition) is 4. The molecule has 1 atom stereocenters. The minimum absolute atomic E-state index is 0.180. The summed E-state index contributed by atoms with van der Waals surface area (Å²) in [6.07, 6.45) is 0. The Kier molecular flexibility index (Phi) is 2.71. The van der Waals surface area contributed by atoms with E-state index in [0.717, 1.165) is 5.56 Å². The van der Waals surface area contributed by atoms with Gasteiger partial charge in [0, 0.05) is 11.6 Å². The van der Waals surface area contributed by atoms with Crippen LogP contribution in [0.3, 0.4) is 0 Å². The highest BCUT2D eigenvalue weighted by Gasteiger charge is 2.09. The number of aromatic nitrogens is 1. The van der Waals surface area contributed by atoms with E-state index >= 15 is 0 Å². The van der Waals surface area contributed by atoms with Crippen molar-refractivity contribution in [3.8, 4) is 17.3 Å². The molecule has 1 aromatic heterocycles. The average molecular weight is 213 g/mol. The Labute approximate surface area is 93.3 Å². The molecule has 0 fully saturated rings. The van der Waals surface area contributed by atoms with Crippen molar-refractivity contribution in [3.63, 3.8) is 0 Å². The smallest absolute Gasteiger partial charge is 0.153 e. The molecule has 0 saturated carbocycles. The molecule has 2 rings (SSSR count). The van der Waals surface area contributed by atoms with Gasteiger partial charge in [-0.25, -0.2) is 0 Å². The molecule has 1 heterocycles. The molecule has 0 spiro atoms. The van der Waals surface area contributed by atoms with Crippen molar-refractivity contribution in [2.45, 2.75) is 13.0 Å². The van der Waals surface area contributed by atoms with Crippen LogP contribution in [0.25, 0.3) is 11.3 Å². The van der Waals surface area contributed by atoms with Gasteiger partial charge in [0.15, 0.2) is 5.76 Å². The maximum absolute atomic E-state index is 8.79. The molecule has 80 valence electrons. The van der Waals surface area contributed by atoms with Crippen molar-refractivity contribution in [2.24, 2.45) is 5.73 Å². The molecule has 0 aliphatic carbocycles. The van der Waals surface area contributed by atoms with E-state index in [4.69, 9.17) is 15.5 Å². The monoisotopic (exact) mass is 213 g/mol. The molecule has 4 nitrogen and oxygen atoms in total. The molecule has 0 unspecified atom stereocenters. The fourth-order valence-corrected chi connectivity index (χ4v) is 1.39. The van der Waals surface area contributed by atoms with Crippen LogP contribution in [0.2, 0.25) is 0 Å². The second-order valence-corrected chi connectivity index (χ2v) is 3.60. The molecule has 0 aliphatic rings. The molecule has 0 saturated heterocycles. The first-order valence-electron chi connectivity index (χ1n) is 4.93. The normalized spacial score (nSPS) is 12.1. The fourth-order valence-electron chi connectivity index (χ4n) is 1.39. The predicted octanol–water partition coefficient (Wildman–Crippen LogP) is 2.23. The van der Waals surface area contributed by atoms with Crippen LogP contribution >= 0.6 is 0 Å². The molecule has 2 aromatic rings. The Morgan fingerprint density at radius 1 is 1.44 bits per heavy atom. The van der Waals surface area contributed by atoms with Crippen molar-refractivity contribution >= 4 is 0 Å². The van der Waals surface area contributed by atoms with Gasteiger partial charge in [0.05, 0.1) is 17.7 Å². The first kappa shape index (κ1) is 10.4. The van der Waals surface area contributed by atoms with Gasteiger partial charge >= 0.3 is 0 Å². The first-order valence-corrected chi connectivity index (χ1v) is 4.93. The first-order chi connectivity index (χ1) is 7.70. The van der Waals surface area contributed by atoms with Gasteiger partial charge < -0.3 is 10.3 Å². The van der Waals surface area contributed by atoms with Gasteiger partial charge in [0.2, 0.25) is 0 Å². The number of nitrogens with zero attached hydrogens (tertiary/aromatic N) is 2. The number of rotatable bonds is 2. The Morgan fingerprint density at radius 2 is 2.25 bits per heavy atom. The third-order valence-electron chi connectivity index (χ3n) is 2.26. The zero-order valence-corrected chi connectivity index (χ0v) is 8.84. The summed E-state index contributed by atoms with van der Waals surface area (Å²) in [6.45, 7) is 1.83. The lowest BCUT2D eigenvalue weighted by Gasteiger charge is -1.95. The van der Waals surface area contributed by atoms with Crippen molar-refractivity contribution in [1.29, 1.82) is 5.26 Å². The second-order valence-electron chi connectivity index (χ2n) is 3.60. The molecule has 16 heavy (non-hydrogen) atoms. The minimum Gasteiger partial charge on any atom is -0.359 e. The summed E-state index contributed by atoms with van der Waals surface area (Å²) in [5.74, 6) is 0.636. The van der Waals surface area contributed by atoms with E-state index in [1.54, 1.807) is 18.2 Å². The highest BCUT2D eigenvalue weighted by atomic mass is 16.5. The van der Waals surface area contributed by atoms with Crippen LogP contribution in [0.1, 0.15) is 24.3 Å². The minimum atomic E-state index is -0.180. The molecule has 4 heteroatoms. The van der Waals surface area contributed by atoms with Crippen LogP contribution in [0.15, 0.2) is 34.9 Å². The van der Waals surface area contributed by atoms with E-state index in [0.29, 0.717) is 17.0 Å². The molecule has 0 amide bonds. The lowest BCUT2D eigenvalue weighted by Crippen LogP contribution is -2.02. The third-order valence-corrected chi connectivity index (χ3v) is 2.26. The summed E-state index contributed by atoms with van der Waals surface area (Å²) in [6, 6.07) is 10.9. The van der Waals surface area contributed by atoms with Crippen LogP contribution < -0.4 is 5.73 Å². The lowest BCUT2D eigenvalue weighted by atomic mass is 10.1. The number of benzene rings is 1. The summed E-state index contributed by atoms with van der Waals surface area (Å²) in [7, 11) is 0. The van der Waals surface area contributed by atoms with Crippen LogP contribution in [-0.2, 0) is 0 Å². The molecule has 0 aliphatic heterocycles. The Balaban J connectivity index is 2.39. The highest BCUT2D eigenvalue weighted by Crippen LogP contribution is 2.22. The quantitative estimate of drug-likeness (QED) is 0.829. The van der Waals surface area contributed by atoms with E-state index in [9.17, 15) is 0 Å². The summed E-state index contributed by atoms with van der Waals surface area (Å²) in [5, 5.41) is 12.7. The molecule has 0 bridgehead atoms. The van der Waals surface area contributed by atoms with Crippen LogP contribution in [0.4, 0.5) is 0 Å². The van der Waals surface area contributed by atoms with Crippen molar-refractivity contribution in [2.75, 3.05) is 0 Å². The number of nitriles is 1. The van der Waals surface area contributed by atoms with E-state index < -0.39 is 0 Å². The zero-order chi connectivity index (χ0) is 11.5. The Bertz CT molecular complexity index is 537. The lowest BCUT2D eigenvalue weighted by molar-refractivity contribution is 0.369. The number of hydrogen-bond donors (Lipinski definition) is 1. The third kappa shape index (κ3) is 1.95. The fraction of sp³-hybridized carbons (Fsp3) is 0.167. The van der Waals surface area contributed by atoms with Gasteiger partial charge in [-0.05, 0) is 19.1 Å². The second kappa shape index (κ2) is 4.17. The average Bonchev–Trinajstić information content (AvgIpc) is 2.78. The topological polar surface area (TPSA) is 75.8 Å². The molecular weight excluding hydrogens is 202 g/mol.